The quantitative estimate of drug-likeness (QED) is 0.844. The fourth-order valence-corrected chi connectivity index (χ4v) is 3.76. The van der Waals surface area contributed by atoms with Crippen LogP contribution in [0.4, 0.5) is 4.39 Å². The van der Waals surface area contributed by atoms with E-state index in [1.807, 2.05) is 4.90 Å². The molecule has 2 nitrogen and oxygen atoms in total. The highest BCUT2D eigenvalue weighted by Gasteiger charge is 2.36. The van der Waals surface area contributed by atoms with Crippen molar-refractivity contribution in [1.82, 2.24) is 4.90 Å². The van der Waals surface area contributed by atoms with Crippen LogP contribution >= 0.6 is 27.7 Å². The van der Waals surface area contributed by atoms with Gasteiger partial charge in [-0.15, -0.1) is 11.8 Å². The van der Waals surface area contributed by atoms with Gasteiger partial charge in [-0.05, 0) is 52.4 Å². The number of rotatable bonds is 3. The van der Waals surface area contributed by atoms with Crippen LogP contribution < -0.4 is 0 Å². The minimum atomic E-state index is -0.262. The highest BCUT2D eigenvalue weighted by atomic mass is 79.9. The van der Waals surface area contributed by atoms with Crippen LogP contribution in [-0.4, -0.2) is 23.1 Å². The van der Waals surface area contributed by atoms with Crippen LogP contribution in [0.3, 0.4) is 0 Å². The Kier molecular flexibility index (Phi) is 3.36. The predicted octanol–water partition coefficient (Wildman–Crippen LogP) is 3.57. The number of benzene rings is 1. The average Bonchev–Trinajstić information content (AvgIpc) is 3.09. The molecule has 1 aromatic rings. The first-order valence-corrected chi connectivity index (χ1v) is 7.85. The van der Waals surface area contributed by atoms with Crippen molar-refractivity contribution in [2.45, 2.75) is 18.2 Å². The SMILES string of the molecule is O=C1CSC(c2ccc(F)c(Br)c2)N1CC1CC1. The molecule has 0 bridgehead atoms. The monoisotopic (exact) mass is 329 g/mol. The molecule has 1 saturated carbocycles. The van der Waals surface area contributed by atoms with Gasteiger partial charge in [-0.25, -0.2) is 4.39 Å². The predicted molar refractivity (Wildman–Crippen MR) is 73.7 cm³/mol. The van der Waals surface area contributed by atoms with Gasteiger partial charge >= 0.3 is 0 Å². The lowest BCUT2D eigenvalue weighted by Gasteiger charge is -2.24. The lowest BCUT2D eigenvalue weighted by molar-refractivity contribution is -0.128. The first-order chi connectivity index (χ1) is 8.65. The van der Waals surface area contributed by atoms with E-state index < -0.39 is 0 Å². The van der Waals surface area contributed by atoms with Gasteiger partial charge in [0.1, 0.15) is 11.2 Å². The number of halogens is 2. The second-order valence-electron chi connectivity index (χ2n) is 4.83. The Morgan fingerprint density at radius 3 is 2.89 bits per heavy atom. The first-order valence-electron chi connectivity index (χ1n) is 6.01. The summed E-state index contributed by atoms with van der Waals surface area (Å²) in [6.45, 7) is 0.853. The number of nitrogens with zero attached hydrogens (tertiary/aromatic N) is 1. The van der Waals surface area contributed by atoms with Crippen LogP contribution in [-0.2, 0) is 4.79 Å². The van der Waals surface area contributed by atoms with Crippen molar-refractivity contribution in [3.05, 3.63) is 34.1 Å². The third kappa shape index (κ3) is 2.43. The topological polar surface area (TPSA) is 20.3 Å². The van der Waals surface area contributed by atoms with Crippen LogP contribution in [0, 0.1) is 11.7 Å². The molecule has 1 aliphatic carbocycles. The van der Waals surface area contributed by atoms with E-state index in [1.54, 1.807) is 23.9 Å². The van der Waals surface area contributed by atoms with E-state index >= 15 is 0 Å². The van der Waals surface area contributed by atoms with E-state index in [-0.39, 0.29) is 17.1 Å². The van der Waals surface area contributed by atoms with Crippen molar-refractivity contribution >= 4 is 33.6 Å². The van der Waals surface area contributed by atoms with Gasteiger partial charge in [-0.1, -0.05) is 6.07 Å². The molecule has 1 aromatic carbocycles. The van der Waals surface area contributed by atoms with Crippen molar-refractivity contribution < 1.29 is 9.18 Å². The summed E-state index contributed by atoms with van der Waals surface area (Å²) in [5, 5.41) is 0.0509. The maximum Gasteiger partial charge on any atom is 0.233 e. The highest BCUT2D eigenvalue weighted by molar-refractivity contribution is 9.10. The zero-order valence-electron chi connectivity index (χ0n) is 9.73. The van der Waals surface area contributed by atoms with E-state index in [9.17, 15) is 9.18 Å². The Balaban J connectivity index is 1.84. The summed E-state index contributed by atoms with van der Waals surface area (Å²) in [6.07, 6.45) is 2.46. The maximum atomic E-state index is 13.2. The molecule has 5 heteroatoms. The van der Waals surface area contributed by atoms with Gasteiger partial charge in [0, 0.05) is 6.54 Å². The number of amides is 1. The van der Waals surface area contributed by atoms with Gasteiger partial charge in [0.2, 0.25) is 5.91 Å². The van der Waals surface area contributed by atoms with Crippen molar-refractivity contribution in [2.75, 3.05) is 12.3 Å². The lowest BCUT2D eigenvalue weighted by atomic mass is 10.2. The zero-order chi connectivity index (χ0) is 12.7. The molecular formula is C13H13BrFNOS. The van der Waals surface area contributed by atoms with E-state index in [4.69, 9.17) is 0 Å². The van der Waals surface area contributed by atoms with E-state index in [0.717, 1.165) is 12.1 Å². The molecule has 1 amide bonds. The summed E-state index contributed by atoms with van der Waals surface area (Å²) in [5.74, 6) is 1.16. The molecule has 0 aromatic heterocycles. The molecular weight excluding hydrogens is 317 g/mol. The zero-order valence-corrected chi connectivity index (χ0v) is 12.1. The van der Waals surface area contributed by atoms with E-state index in [0.29, 0.717) is 16.1 Å². The van der Waals surface area contributed by atoms with Gasteiger partial charge in [0.05, 0.1) is 10.2 Å². The molecule has 2 aliphatic rings. The summed E-state index contributed by atoms with van der Waals surface area (Å²) in [7, 11) is 0. The normalized spacial score (nSPS) is 23.8. The second-order valence-corrected chi connectivity index (χ2v) is 6.75. The minimum Gasteiger partial charge on any atom is -0.326 e. The van der Waals surface area contributed by atoms with Crippen molar-refractivity contribution in [3.8, 4) is 0 Å². The second kappa shape index (κ2) is 4.85. The Labute approximate surface area is 118 Å². The Hall–Kier alpha value is -0.550. The number of carbonyl (C=O) groups excluding carboxylic acids is 1. The van der Waals surface area contributed by atoms with E-state index in [1.165, 1.54) is 18.9 Å². The maximum absolute atomic E-state index is 13.2. The molecule has 1 saturated heterocycles. The number of hydrogen-bond acceptors (Lipinski definition) is 2. The van der Waals surface area contributed by atoms with Gasteiger partial charge in [0.25, 0.3) is 0 Å². The Morgan fingerprint density at radius 2 is 2.22 bits per heavy atom. The molecule has 18 heavy (non-hydrogen) atoms. The van der Waals surface area contributed by atoms with Crippen molar-refractivity contribution in [1.29, 1.82) is 0 Å². The third-order valence-electron chi connectivity index (χ3n) is 3.35. The summed E-state index contributed by atoms with van der Waals surface area (Å²) in [6, 6.07) is 5.01. The highest BCUT2D eigenvalue weighted by Crippen LogP contribution is 2.42. The first kappa shape index (κ1) is 12.5. The van der Waals surface area contributed by atoms with Crippen LogP contribution in [0.2, 0.25) is 0 Å². The smallest absolute Gasteiger partial charge is 0.233 e. The average molecular weight is 330 g/mol. The largest absolute Gasteiger partial charge is 0.326 e. The van der Waals surface area contributed by atoms with Crippen molar-refractivity contribution in [3.63, 3.8) is 0 Å². The number of thioether (sulfide) groups is 1. The molecule has 0 spiro atoms. The van der Waals surface area contributed by atoms with Crippen LogP contribution in [0.5, 0.6) is 0 Å². The van der Waals surface area contributed by atoms with Crippen LogP contribution in [0.15, 0.2) is 22.7 Å². The summed E-state index contributed by atoms with van der Waals surface area (Å²) < 4.78 is 13.7. The lowest BCUT2D eigenvalue weighted by Crippen LogP contribution is -2.30. The molecule has 1 unspecified atom stereocenters. The molecule has 1 aliphatic heterocycles. The fourth-order valence-electron chi connectivity index (χ4n) is 2.17. The van der Waals surface area contributed by atoms with Gasteiger partial charge in [-0.2, -0.15) is 0 Å². The fraction of sp³-hybridized carbons (Fsp3) is 0.462. The van der Waals surface area contributed by atoms with Gasteiger partial charge in [0.15, 0.2) is 0 Å². The Bertz CT molecular complexity index is 492. The summed E-state index contributed by atoms with van der Waals surface area (Å²) in [4.78, 5) is 13.8. The number of hydrogen-bond donors (Lipinski definition) is 0. The minimum absolute atomic E-state index is 0.0509. The van der Waals surface area contributed by atoms with E-state index in [2.05, 4.69) is 15.9 Å². The number of carbonyl (C=O) groups is 1. The molecule has 3 rings (SSSR count). The molecule has 0 radical (unpaired) electrons. The van der Waals surface area contributed by atoms with Crippen LogP contribution in [0.25, 0.3) is 0 Å². The molecule has 1 atom stereocenters. The molecule has 96 valence electrons. The standard InChI is InChI=1S/C13H13BrFNOS/c14-10-5-9(3-4-11(10)15)13-16(6-8-1-2-8)12(17)7-18-13/h3-5,8,13H,1-2,6-7H2. The summed E-state index contributed by atoms with van der Waals surface area (Å²) in [5.41, 5.74) is 1.000. The van der Waals surface area contributed by atoms with Crippen LogP contribution in [0.1, 0.15) is 23.8 Å². The molecule has 1 heterocycles. The summed E-state index contributed by atoms with van der Waals surface area (Å²) >= 11 is 4.83. The molecule has 0 N–H and O–H groups in total. The van der Waals surface area contributed by atoms with Crippen molar-refractivity contribution in [2.24, 2.45) is 5.92 Å². The molecule has 2 fully saturated rings. The van der Waals surface area contributed by atoms with Gasteiger partial charge < -0.3 is 4.90 Å². The Morgan fingerprint density at radius 1 is 1.44 bits per heavy atom. The van der Waals surface area contributed by atoms with Gasteiger partial charge in [-0.3, -0.25) is 4.79 Å². The third-order valence-corrected chi connectivity index (χ3v) is 5.21.